The first-order valence-corrected chi connectivity index (χ1v) is 9.29. The number of aryl methyl sites for hydroxylation is 1. The summed E-state index contributed by atoms with van der Waals surface area (Å²) in [5.41, 5.74) is 0.998. The Morgan fingerprint density at radius 3 is 2.43 bits per heavy atom. The maximum atomic E-state index is 12.7. The van der Waals surface area contributed by atoms with Gasteiger partial charge < -0.3 is 9.80 Å². The number of sulfonamides is 1. The third-order valence-electron chi connectivity index (χ3n) is 4.61. The van der Waals surface area contributed by atoms with Crippen molar-refractivity contribution in [3.63, 3.8) is 0 Å². The van der Waals surface area contributed by atoms with Gasteiger partial charge in [-0.15, -0.1) is 0 Å². The standard InChI is InChI=1S/C16H25N3O3S/c1-5-12-9-19(10-14(12)18(3)4)16(20)13-6-7-15(11(2)8-13)23(17,21)22/h6-8,12,14H,5,9-10H2,1-4H3,(H2,17,21,22)/t12-,14+/m0/s1. The Bertz CT molecular complexity index is 701. The van der Waals surface area contributed by atoms with Crippen molar-refractivity contribution in [1.82, 2.24) is 9.80 Å². The molecule has 0 unspecified atom stereocenters. The Morgan fingerprint density at radius 1 is 1.35 bits per heavy atom. The number of likely N-dealkylation sites (N-methyl/N-ethyl adjacent to an activating group) is 1. The van der Waals surface area contributed by atoms with Gasteiger partial charge in [-0.2, -0.15) is 0 Å². The number of likely N-dealkylation sites (tertiary alicyclic amines) is 1. The molecule has 128 valence electrons. The minimum absolute atomic E-state index is 0.0585. The van der Waals surface area contributed by atoms with E-state index in [1.807, 2.05) is 19.0 Å². The third-order valence-corrected chi connectivity index (χ3v) is 5.68. The molecule has 1 aliphatic rings. The average molecular weight is 339 g/mol. The molecule has 0 aromatic heterocycles. The minimum atomic E-state index is -3.76. The molecule has 1 aliphatic heterocycles. The molecule has 6 nitrogen and oxygen atoms in total. The monoisotopic (exact) mass is 339 g/mol. The topological polar surface area (TPSA) is 83.7 Å². The van der Waals surface area contributed by atoms with Crippen molar-refractivity contribution >= 4 is 15.9 Å². The average Bonchev–Trinajstić information content (AvgIpc) is 2.89. The van der Waals surface area contributed by atoms with E-state index in [0.717, 1.165) is 13.0 Å². The lowest BCUT2D eigenvalue weighted by Gasteiger charge is -2.23. The predicted molar refractivity (Wildman–Crippen MR) is 89.7 cm³/mol. The smallest absolute Gasteiger partial charge is 0.253 e. The number of hydrogen-bond acceptors (Lipinski definition) is 4. The molecule has 2 atom stereocenters. The lowest BCUT2D eigenvalue weighted by atomic mass is 10.0. The third kappa shape index (κ3) is 3.73. The van der Waals surface area contributed by atoms with Crippen LogP contribution < -0.4 is 5.14 Å². The molecule has 2 N–H and O–H groups in total. The van der Waals surface area contributed by atoms with Crippen LogP contribution in [0, 0.1) is 12.8 Å². The van der Waals surface area contributed by atoms with Crippen LogP contribution in [0.4, 0.5) is 0 Å². The fourth-order valence-corrected chi connectivity index (χ4v) is 4.06. The summed E-state index contributed by atoms with van der Waals surface area (Å²) in [6, 6.07) is 4.91. The van der Waals surface area contributed by atoms with E-state index in [4.69, 9.17) is 5.14 Å². The molecule has 0 aliphatic carbocycles. The summed E-state index contributed by atoms with van der Waals surface area (Å²) in [5.74, 6) is 0.399. The van der Waals surface area contributed by atoms with E-state index >= 15 is 0 Å². The Balaban J connectivity index is 2.23. The number of nitrogens with two attached hydrogens (primary N) is 1. The van der Waals surface area contributed by atoms with Crippen molar-refractivity contribution < 1.29 is 13.2 Å². The van der Waals surface area contributed by atoms with Crippen LogP contribution in [0.2, 0.25) is 0 Å². The molecule has 0 radical (unpaired) electrons. The van der Waals surface area contributed by atoms with Gasteiger partial charge in [0.25, 0.3) is 5.91 Å². The highest BCUT2D eigenvalue weighted by atomic mass is 32.2. The number of carbonyl (C=O) groups is 1. The zero-order chi connectivity index (χ0) is 17.4. The number of nitrogens with zero attached hydrogens (tertiary/aromatic N) is 2. The largest absolute Gasteiger partial charge is 0.337 e. The second kappa shape index (κ2) is 6.59. The van der Waals surface area contributed by atoms with Gasteiger partial charge in [0.2, 0.25) is 10.0 Å². The molecular weight excluding hydrogens is 314 g/mol. The van der Waals surface area contributed by atoms with Crippen molar-refractivity contribution in [3.05, 3.63) is 29.3 Å². The Kier molecular flexibility index (Phi) is 5.13. The van der Waals surface area contributed by atoms with Gasteiger partial charge in [-0.1, -0.05) is 13.3 Å². The number of carbonyl (C=O) groups excluding carboxylic acids is 1. The predicted octanol–water partition coefficient (Wildman–Crippen LogP) is 1.05. The van der Waals surface area contributed by atoms with Crippen LogP contribution in [-0.4, -0.2) is 57.4 Å². The summed E-state index contributed by atoms with van der Waals surface area (Å²) < 4.78 is 22.9. The fourth-order valence-electron chi connectivity index (χ4n) is 3.29. The van der Waals surface area contributed by atoms with Crippen molar-refractivity contribution in [1.29, 1.82) is 0 Å². The first-order chi connectivity index (χ1) is 10.6. The van der Waals surface area contributed by atoms with Crippen LogP contribution in [0.15, 0.2) is 23.1 Å². The highest BCUT2D eigenvalue weighted by Gasteiger charge is 2.35. The molecular formula is C16H25N3O3S. The van der Waals surface area contributed by atoms with Gasteiger partial charge in [0.15, 0.2) is 0 Å². The minimum Gasteiger partial charge on any atom is -0.337 e. The van der Waals surface area contributed by atoms with Crippen molar-refractivity contribution in [2.24, 2.45) is 11.1 Å². The summed E-state index contributed by atoms with van der Waals surface area (Å²) in [6.07, 6.45) is 1.02. The zero-order valence-electron chi connectivity index (χ0n) is 14.1. The summed E-state index contributed by atoms with van der Waals surface area (Å²) in [7, 11) is 0.309. The normalized spacial score (nSPS) is 21.9. The van der Waals surface area contributed by atoms with Gasteiger partial charge >= 0.3 is 0 Å². The van der Waals surface area contributed by atoms with Gasteiger partial charge in [0.05, 0.1) is 4.90 Å². The molecule has 0 spiro atoms. The summed E-state index contributed by atoms with van der Waals surface area (Å²) >= 11 is 0. The van der Waals surface area contributed by atoms with E-state index in [9.17, 15) is 13.2 Å². The number of hydrogen-bond donors (Lipinski definition) is 1. The Hall–Kier alpha value is -1.44. The van der Waals surface area contributed by atoms with Crippen LogP contribution in [0.25, 0.3) is 0 Å². The lowest BCUT2D eigenvalue weighted by Crippen LogP contribution is -2.36. The Morgan fingerprint density at radius 2 is 2.00 bits per heavy atom. The molecule has 1 aromatic carbocycles. The van der Waals surface area contributed by atoms with Gasteiger partial charge in [-0.25, -0.2) is 13.6 Å². The number of primary sulfonamides is 1. The summed E-state index contributed by atoms with van der Waals surface area (Å²) in [4.78, 5) is 16.8. The summed E-state index contributed by atoms with van der Waals surface area (Å²) in [6.45, 7) is 5.21. The van der Waals surface area contributed by atoms with E-state index in [2.05, 4.69) is 11.8 Å². The fraction of sp³-hybridized carbons (Fsp3) is 0.562. The van der Waals surface area contributed by atoms with Crippen molar-refractivity contribution in [3.8, 4) is 0 Å². The van der Waals surface area contributed by atoms with Crippen LogP contribution in [0.1, 0.15) is 29.3 Å². The van der Waals surface area contributed by atoms with Crippen LogP contribution in [0.3, 0.4) is 0 Å². The number of rotatable bonds is 4. The maximum Gasteiger partial charge on any atom is 0.253 e. The summed E-state index contributed by atoms with van der Waals surface area (Å²) in [5, 5.41) is 5.16. The first kappa shape index (κ1) is 17.9. The van der Waals surface area contributed by atoms with E-state index in [0.29, 0.717) is 29.6 Å². The molecule has 1 aromatic rings. The van der Waals surface area contributed by atoms with E-state index in [-0.39, 0.29) is 10.8 Å². The number of amides is 1. The van der Waals surface area contributed by atoms with Crippen molar-refractivity contribution in [2.45, 2.75) is 31.2 Å². The number of benzene rings is 1. The molecule has 1 heterocycles. The Labute approximate surface area is 138 Å². The molecule has 1 fully saturated rings. The van der Waals surface area contributed by atoms with E-state index in [1.165, 1.54) is 6.07 Å². The SMILES string of the molecule is CC[C@H]1CN(C(=O)c2ccc(S(N)(=O)=O)c(C)c2)C[C@H]1N(C)C. The molecule has 2 rings (SSSR count). The van der Waals surface area contributed by atoms with E-state index in [1.54, 1.807) is 19.1 Å². The molecule has 1 amide bonds. The molecule has 1 saturated heterocycles. The van der Waals surface area contributed by atoms with Crippen LogP contribution in [-0.2, 0) is 10.0 Å². The highest BCUT2D eigenvalue weighted by molar-refractivity contribution is 7.89. The lowest BCUT2D eigenvalue weighted by molar-refractivity contribution is 0.0781. The molecule has 0 saturated carbocycles. The molecule has 7 heteroatoms. The second-order valence-electron chi connectivity index (χ2n) is 6.43. The van der Waals surface area contributed by atoms with Crippen LogP contribution >= 0.6 is 0 Å². The quantitative estimate of drug-likeness (QED) is 0.889. The maximum absolute atomic E-state index is 12.7. The van der Waals surface area contributed by atoms with Crippen molar-refractivity contribution in [2.75, 3.05) is 27.2 Å². The molecule has 23 heavy (non-hydrogen) atoms. The molecule has 0 bridgehead atoms. The highest BCUT2D eigenvalue weighted by Crippen LogP contribution is 2.25. The van der Waals surface area contributed by atoms with Gasteiger partial charge in [0.1, 0.15) is 0 Å². The zero-order valence-corrected chi connectivity index (χ0v) is 14.9. The second-order valence-corrected chi connectivity index (χ2v) is 7.96. The van der Waals surface area contributed by atoms with Gasteiger partial charge in [-0.05, 0) is 50.7 Å². The van der Waals surface area contributed by atoms with E-state index < -0.39 is 10.0 Å². The van der Waals surface area contributed by atoms with Gasteiger partial charge in [-0.3, -0.25) is 4.79 Å². The van der Waals surface area contributed by atoms with Crippen LogP contribution in [0.5, 0.6) is 0 Å². The van der Waals surface area contributed by atoms with Gasteiger partial charge in [0, 0.05) is 24.7 Å². The first-order valence-electron chi connectivity index (χ1n) is 7.74.